The van der Waals surface area contributed by atoms with Gasteiger partial charge in [0, 0.05) is 17.4 Å². The van der Waals surface area contributed by atoms with E-state index in [1.165, 1.54) is 13.3 Å². The molecular formula is C19H20N4O3. The van der Waals surface area contributed by atoms with Crippen LogP contribution in [0.15, 0.2) is 42.7 Å². The molecule has 1 fully saturated rings. The molecule has 134 valence electrons. The number of hydrogen-bond donors (Lipinski definition) is 1. The summed E-state index contributed by atoms with van der Waals surface area (Å²) in [5, 5.41) is 1.03. The summed E-state index contributed by atoms with van der Waals surface area (Å²) in [6, 6.07) is 9.77. The van der Waals surface area contributed by atoms with Gasteiger partial charge in [-0.05, 0) is 25.0 Å². The first-order chi connectivity index (χ1) is 12.7. The molecule has 4 rings (SSSR count). The molecule has 0 spiro atoms. The van der Waals surface area contributed by atoms with Gasteiger partial charge in [0.25, 0.3) is 5.91 Å². The topological polar surface area (TPSA) is 80.3 Å². The SMILES string of the molecule is COc1cncc(O[C@H]2CCCN(C(=O)c3cc4ccccc4[nH]3)C2)n1. The molecule has 7 heteroatoms. The second-order valence-electron chi connectivity index (χ2n) is 6.30. The zero-order valence-corrected chi connectivity index (χ0v) is 14.5. The van der Waals surface area contributed by atoms with Gasteiger partial charge in [-0.3, -0.25) is 9.78 Å². The molecule has 0 bridgehead atoms. The van der Waals surface area contributed by atoms with E-state index in [2.05, 4.69) is 15.0 Å². The maximum atomic E-state index is 12.9. The number of para-hydroxylation sites is 1. The lowest BCUT2D eigenvalue weighted by Crippen LogP contribution is -2.44. The molecule has 1 aliphatic heterocycles. The normalized spacial score (nSPS) is 17.3. The standard InChI is InChI=1S/C19H20N4O3/c1-25-17-10-20-11-18(22-17)26-14-6-4-8-23(12-14)19(24)16-9-13-5-2-3-7-15(13)21-16/h2-3,5,7,9-11,14,21H,4,6,8,12H2,1H3/t14-/m0/s1. The van der Waals surface area contributed by atoms with Crippen molar-refractivity contribution in [2.75, 3.05) is 20.2 Å². The summed E-state index contributed by atoms with van der Waals surface area (Å²) in [5.41, 5.74) is 1.57. The van der Waals surface area contributed by atoms with E-state index in [4.69, 9.17) is 9.47 Å². The number of rotatable bonds is 4. The highest BCUT2D eigenvalue weighted by Crippen LogP contribution is 2.21. The molecule has 1 saturated heterocycles. The van der Waals surface area contributed by atoms with Crippen LogP contribution < -0.4 is 9.47 Å². The Balaban J connectivity index is 1.46. The van der Waals surface area contributed by atoms with Crippen LogP contribution in [0.5, 0.6) is 11.8 Å². The summed E-state index contributed by atoms with van der Waals surface area (Å²) >= 11 is 0. The minimum absolute atomic E-state index is 0.00812. The number of nitrogens with one attached hydrogen (secondary N) is 1. The maximum Gasteiger partial charge on any atom is 0.270 e. The molecule has 1 aliphatic rings. The van der Waals surface area contributed by atoms with Gasteiger partial charge in [0.2, 0.25) is 11.8 Å². The maximum absolute atomic E-state index is 12.9. The number of piperidine rings is 1. The van der Waals surface area contributed by atoms with Gasteiger partial charge < -0.3 is 19.4 Å². The fraction of sp³-hybridized carbons (Fsp3) is 0.316. The summed E-state index contributed by atoms with van der Waals surface area (Å²) in [6.45, 7) is 1.24. The second-order valence-corrected chi connectivity index (χ2v) is 6.30. The Labute approximate surface area is 151 Å². The molecule has 0 saturated carbocycles. The monoisotopic (exact) mass is 352 g/mol. The molecule has 3 heterocycles. The number of nitrogens with zero attached hydrogens (tertiary/aromatic N) is 3. The van der Waals surface area contributed by atoms with Gasteiger partial charge in [-0.2, -0.15) is 4.98 Å². The number of methoxy groups -OCH3 is 1. The number of likely N-dealkylation sites (tertiary alicyclic amines) is 1. The van der Waals surface area contributed by atoms with E-state index in [1.54, 1.807) is 6.20 Å². The molecule has 1 atom stereocenters. The zero-order chi connectivity index (χ0) is 17.9. The largest absolute Gasteiger partial charge is 0.480 e. The van der Waals surface area contributed by atoms with E-state index in [-0.39, 0.29) is 12.0 Å². The average Bonchev–Trinajstić information content (AvgIpc) is 3.12. The van der Waals surface area contributed by atoms with Crippen molar-refractivity contribution in [3.05, 3.63) is 48.4 Å². The van der Waals surface area contributed by atoms with Gasteiger partial charge in [0.15, 0.2) is 0 Å². The molecule has 2 aromatic heterocycles. The van der Waals surface area contributed by atoms with Crippen molar-refractivity contribution in [3.63, 3.8) is 0 Å². The third-order valence-corrected chi connectivity index (χ3v) is 4.51. The van der Waals surface area contributed by atoms with E-state index < -0.39 is 0 Å². The number of H-pyrrole nitrogens is 1. The molecule has 3 aromatic rings. The van der Waals surface area contributed by atoms with Crippen LogP contribution in [-0.4, -0.2) is 52.1 Å². The third-order valence-electron chi connectivity index (χ3n) is 4.51. The van der Waals surface area contributed by atoms with E-state index in [0.29, 0.717) is 24.0 Å². The van der Waals surface area contributed by atoms with E-state index in [0.717, 1.165) is 30.3 Å². The second kappa shape index (κ2) is 7.03. The van der Waals surface area contributed by atoms with Gasteiger partial charge in [-0.15, -0.1) is 0 Å². The fourth-order valence-electron chi connectivity index (χ4n) is 3.23. The van der Waals surface area contributed by atoms with Crippen LogP contribution in [0, 0.1) is 0 Å². The number of benzene rings is 1. The van der Waals surface area contributed by atoms with Crippen molar-refractivity contribution in [3.8, 4) is 11.8 Å². The first kappa shape index (κ1) is 16.4. The highest BCUT2D eigenvalue weighted by Gasteiger charge is 2.27. The average molecular weight is 352 g/mol. The van der Waals surface area contributed by atoms with Crippen molar-refractivity contribution in [2.24, 2.45) is 0 Å². The van der Waals surface area contributed by atoms with Crippen molar-refractivity contribution >= 4 is 16.8 Å². The van der Waals surface area contributed by atoms with Crippen LogP contribution in [0.2, 0.25) is 0 Å². The van der Waals surface area contributed by atoms with Crippen molar-refractivity contribution in [1.82, 2.24) is 19.9 Å². The Morgan fingerprint density at radius 2 is 2.12 bits per heavy atom. The molecule has 7 nitrogen and oxygen atoms in total. The van der Waals surface area contributed by atoms with Gasteiger partial charge >= 0.3 is 0 Å². The lowest BCUT2D eigenvalue weighted by Gasteiger charge is -2.32. The molecule has 0 unspecified atom stereocenters. The molecule has 1 N–H and O–H groups in total. The van der Waals surface area contributed by atoms with Gasteiger partial charge in [0.1, 0.15) is 11.8 Å². The first-order valence-corrected chi connectivity index (χ1v) is 8.62. The van der Waals surface area contributed by atoms with E-state index in [9.17, 15) is 4.79 Å². The minimum atomic E-state index is -0.113. The Morgan fingerprint density at radius 3 is 2.96 bits per heavy atom. The van der Waals surface area contributed by atoms with Crippen LogP contribution in [0.25, 0.3) is 10.9 Å². The first-order valence-electron chi connectivity index (χ1n) is 8.62. The number of aromatic nitrogens is 3. The van der Waals surface area contributed by atoms with Crippen molar-refractivity contribution < 1.29 is 14.3 Å². The van der Waals surface area contributed by atoms with Crippen molar-refractivity contribution in [1.29, 1.82) is 0 Å². The Morgan fingerprint density at radius 1 is 1.27 bits per heavy atom. The molecule has 26 heavy (non-hydrogen) atoms. The third kappa shape index (κ3) is 3.33. The summed E-state index contributed by atoms with van der Waals surface area (Å²) in [5.74, 6) is 0.810. The minimum Gasteiger partial charge on any atom is -0.480 e. The van der Waals surface area contributed by atoms with Gasteiger partial charge in [0.05, 0.1) is 26.0 Å². The summed E-state index contributed by atoms with van der Waals surface area (Å²) in [4.78, 5) is 26.2. The van der Waals surface area contributed by atoms with Gasteiger partial charge in [-0.1, -0.05) is 18.2 Å². The van der Waals surface area contributed by atoms with E-state index >= 15 is 0 Å². The zero-order valence-electron chi connectivity index (χ0n) is 14.5. The molecular weight excluding hydrogens is 332 g/mol. The summed E-state index contributed by atoms with van der Waals surface area (Å²) < 4.78 is 11.0. The smallest absolute Gasteiger partial charge is 0.270 e. The predicted octanol–water partition coefficient (Wildman–Crippen LogP) is 2.65. The number of ether oxygens (including phenoxy) is 2. The van der Waals surface area contributed by atoms with Crippen molar-refractivity contribution in [2.45, 2.75) is 18.9 Å². The summed E-state index contributed by atoms with van der Waals surface area (Å²) in [7, 11) is 1.54. The van der Waals surface area contributed by atoms with Gasteiger partial charge in [-0.25, -0.2) is 0 Å². The quantitative estimate of drug-likeness (QED) is 0.781. The fourth-order valence-corrected chi connectivity index (χ4v) is 3.23. The lowest BCUT2D eigenvalue weighted by atomic mass is 10.1. The molecule has 1 amide bonds. The van der Waals surface area contributed by atoms with Crippen LogP contribution >= 0.6 is 0 Å². The molecule has 0 radical (unpaired) electrons. The number of fused-ring (bicyclic) bond motifs is 1. The number of carbonyl (C=O) groups excluding carboxylic acids is 1. The van der Waals surface area contributed by atoms with Crippen LogP contribution in [0.3, 0.4) is 0 Å². The Hall–Kier alpha value is -3.09. The highest BCUT2D eigenvalue weighted by molar-refractivity contribution is 5.98. The number of carbonyl (C=O) groups is 1. The number of hydrogen-bond acceptors (Lipinski definition) is 5. The van der Waals surface area contributed by atoms with Crippen LogP contribution in [0.4, 0.5) is 0 Å². The predicted molar refractivity (Wildman–Crippen MR) is 96.4 cm³/mol. The highest BCUT2D eigenvalue weighted by atomic mass is 16.5. The van der Waals surface area contributed by atoms with Crippen LogP contribution in [-0.2, 0) is 0 Å². The lowest BCUT2D eigenvalue weighted by molar-refractivity contribution is 0.0521. The van der Waals surface area contributed by atoms with E-state index in [1.807, 2.05) is 35.2 Å². The van der Waals surface area contributed by atoms with Crippen LogP contribution in [0.1, 0.15) is 23.3 Å². The molecule has 0 aliphatic carbocycles. The molecule has 1 aromatic carbocycles. The Bertz CT molecular complexity index is 891. The number of amides is 1. The summed E-state index contributed by atoms with van der Waals surface area (Å²) in [6.07, 6.45) is 4.72. The number of aromatic amines is 1. The Kier molecular flexibility index (Phi) is 4.43.